The zero-order valence-corrected chi connectivity index (χ0v) is 15.0. The van der Waals surface area contributed by atoms with Gasteiger partial charge in [0.2, 0.25) is 0 Å². The minimum Gasteiger partial charge on any atom is -0.370 e. The maximum atomic E-state index is 12.6. The average Bonchev–Trinajstić information content (AvgIpc) is 3.21. The van der Waals surface area contributed by atoms with Crippen LogP contribution < -0.4 is 11.1 Å². The van der Waals surface area contributed by atoms with E-state index in [2.05, 4.69) is 17.4 Å². The molecule has 0 atom stereocenters. The number of nitrogens with zero attached hydrogens (tertiary/aromatic N) is 1. The van der Waals surface area contributed by atoms with Crippen LogP contribution in [0.3, 0.4) is 0 Å². The molecule has 4 N–H and O–H groups in total. The number of hydrogen-bond acceptors (Lipinski definition) is 3. The maximum absolute atomic E-state index is 12.6. The molecule has 0 saturated heterocycles. The third-order valence-electron chi connectivity index (χ3n) is 5.22. The molecule has 3 aromatic rings. The van der Waals surface area contributed by atoms with Crippen LogP contribution in [0.5, 0.6) is 0 Å². The molecule has 1 aliphatic rings. The molecule has 1 amide bonds. The van der Waals surface area contributed by atoms with Crippen LogP contribution in [0.25, 0.3) is 22.2 Å². The van der Waals surface area contributed by atoms with Crippen LogP contribution in [0.4, 0.5) is 0 Å². The van der Waals surface area contributed by atoms with Gasteiger partial charge < -0.3 is 5.73 Å². The number of nitrogens with one attached hydrogen (secondary N) is 2. The van der Waals surface area contributed by atoms with Crippen molar-refractivity contribution in [1.29, 1.82) is 5.41 Å². The Labute approximate surface area is 158 Å². The third kappa shape index (κ3) is 3.53. The van der Waals surface area contributed by atoms with Gasteiger partial charge in [0, 0.05) is 10.9 Å². The lowest BCUT2D eigenvalue weighted by atomic mass is 9.95. The van der Waals surface area contributed by atoms with Crippen LogP contribution in [-0.2, 0) is 0 Å². The van der Waals surface area contributed by atoms with Crippen molar-refractivity contribution < 1.29 is 4.79 Å². The lowest BCUT2D eigenvalue weighted by molar-refractivity contribution is 0.0978. The largest absolute Gasteiger partial charge is 0.370 e. The fraction of sp³-hybridized carbons (Fsp3) is 0.227. The summed E-state index contributed by atoms with van der Waals surface area (Å²) in [6, 6.07) is 17.8. The molecule has 2 aromatic carbocycles. The van der Waals surface area contributed by atoms with Crippen LogP contribution in [0.15, 0.2) is 54.6 Å². The van der Waals surface area contributed by atoms with E-state index in [4.69, 9.17) is 16.1 Å². The van der Waals surface area contributed by atoms with E-state index < -0.39 is 0 Å². The van der Waals surface area contributed by atoms with Gasteiger partial charge in [-0.3, -0.25) is 15.5 Å². The lowest BCUT2D eigenvalue weighted by Gasteiger charge is -2.14. The molecule has 0 bridgehead atoms. The number of carbonyl (C=O) groups excluding carboxylic acids is 1. The van der Waals surface area contributed by atoms with Crippen LogP contribution >= 0.6 is 0 Å². The van der Waals surface area contributed by atoms with Crippen LogP contribution in [-0.4, -0.2) is 16.9 Å². The Morgan fingerprint density at radius 1 is 1.07 bits per heavy atom. The number of rotatable bonds is 3. The number of pyridine rings is 1. The highest BCUT2D eigenvalue weighted by Gasteiger charge is 2.19. The van der Waals surface area contributed by atoms with Gasteiger partial charge in [-0.05, 0) is 36.5 Å². The van der Waals surface area contributed by atoms with Gasteiger partial charge in [0.1, 0.15) is 0 Å². The average molecular weight is 358 g/mol. The zero-order chi connectivity index (χ0) is 18.8. The summed E-state index contributed by atoms with van der Waals surface area (Å²) in [5.41, 5.74) is 9.62. The topological polar surface area (TPSA) is 91.9 Å². The molecule has 136 valence electrons. The van der Waals surface area contributed by atoms with Crippen molar-refractivity contribution >= 4 is 22.8 Å². The molecule has 1 aromatic heterocycles. The van der Waals surface area contributed by atoms with E-state index in [0.29, 0.717) is 11.5 Å². The van der Waals surface area contributed by atoms with Crippen LogP contribution in [0.1, 0.15) is 47.5 Å². The van der Waals surface area contributed by atoms with Gasteiger partial charge in [0.25, 0.3) is 5.91 Å². The summed E-state index contributed by atoms with van der Waals surface area (Å²) in [6.45, 7) is 0. The summed E-state index contributed by atoms with van der Waals surface area (Å²) in [5, 5.41) is 10.5. The molecule has 1 heterocycles. The molecule has 0 unspecified atom stereocenters. The highest BCUT2D eigenvalue weighted by molar-refractivity contribution is 6.12. The van der Waals surface area contributed by atoms with E-state index in [9.17, 15) is 4.79 Å². The Morgan fingerprint density at radius 2 is 1.81 bits per heavy atom. The van der Waals surface area contributed by atoms with E-state index in [0.717, 1.165) is 22.2 Å². The number of fused-ring (bicyclic) bond motifs is 1. The molecule has 0 aliphatic heterocycles. The number of aromatic nitrogens is 1. The van der Waals surface area contributed by atoms with Crippen molar-refractivity contribution in [3.05, 3.63) is 65.7 Å². The Bertz CT molecular complexity index is 1010. The molecule has 0 spiro atoms. The SMILES string of the molecule is N=C(N)NC(=O)c1cc(-c2ccccc2)nc2cc(C3CCCC3)ccc12. The molecule has 4 rings (SSSR count). The van der Waals surface area contributed by atoms with Gasteiger partial charge >= 0.3 is 0 Å². The summed E-state index contributed by atoms with van der Waals surface area (Å²) < 4.78 is 0. The highest BCUT2D eigenvalue weighted by Crippen LogP contribution is 2.36. The van der Waals surface area contributed by atoms with E-state index in [1.807, 2.05) is 36.4 Å². The first kappa shape index (κ1) is 17.2. The number of hydrogen-bond donors (Lipinski definition) is 3. The van der Waals surface area contributed by atoms with E-state index in [1.165, 1.54) is 31.2 Å². The fourth-order valence-electron chi connectivity index (χ4n) is 3.89. The number of guanidine groups is 1. The Kier molecular flexibility index (Phi) is 4.59. The standard InChI is InChI=1S/C22H22N4O/c23-22(24)26-21(27)18-13-19(15-8-2-1-3-9-15)25-20-12-16(10-11-17(18)20)14-6-4-5-7-14/h1-3,8-14H,4-7H2,(H4,23,24,26,27). The van der Waals surface area contributed by atoms with Crippen molar-refractivity contribution in [2.24, 2.45) is 5.73 Å². The molecule has 1 saturated carbocycles. The maximum Gasteiger partial charge on any atom is 0.258 e. The highest BCUT2D eigenvalue weighted by atomic mass is 16.1. The Morgan fingerprint density at radius 3 is 2.52 bits per heavy atom. The first-order valence-electron chi connectivity index (χ1n) is 9.27. The van der Waals surface area contributed by atoms with Gasteiger partial charge in [0.15, 0.2) is 5.96 Å². The van der Waals surface area contributed by atoms with Crippen molar-refractivity contribution in [1.82, 2.24) is 10.3 Å². The monoisotopic (exact) mass is 358 g/mol. The van der Waals surface area contributed by atoms with Crippen molar-refractivity contribution in [3.63, 3.8) is 0 Å². The summed E-state index contributed by atoms with van der Waals surface area (Å²) in [7, 11) is 0. The first-order chi connectivity index (χ1) is 13.1. The van der Waals surface area contributed by atoms with Gasteiger partial charge in [-0.1, -0.05) is 55.3 Å². The Balaban J connectivity index is 1.87. The first-order valence-corrected chi connectivity index (χ1v) is 9.27. The second-order valence-electron chi connectivity index (χ2n) is 7.05. The number of nitrogens with two attached hydrogens (primary N) is 1. The van der Waals surface area contributed by atoms with Gasteiger partial charge in [-0.2, -0.15) is 0 Å². The molecule has 5 nitrogen and oxygen atoms in total. The van der Waals surface area contributed by atoms with Gasteiger partial charge in [-0.15, -0.1) is 0 Å². The summed E-state index contributed by atoms with van der Waals surface area (Å²) >= 11 is 0. The predicted octanol–water partition coefficient (Wildman–Crippen LogP) is 4.18. The summed E-state index contributed by atoms with van der Waals surface area (Å²) in [6.07, 6.45) is 4.96. The third-order valence-corrected chi connectivity index (χ3v) is 5.22. The molecule has 0 radical (unpaired) electrons. The quantitative estimate of drug-likeness (QED) is 0.484. The molecule has 1 fully saturated rings. The van der Waals surface area contributed by atoms with E-state index >= 15 is 0 Å². The predicted molar refractivity (Wildman–Crippen MR) is 108 cm³/mol. The normalized spacial score (nSPS) is 14.4. The molecule has 1 aliphatic carbocycles. The van der Waals surface area contributed by atoms with Crippen LogP contribution in [0.2, 0.25) is 0 Å². The van der Waals surface area contributed by atoms with E-state index in [1.54, 1.807) is 6.07 Å². The minimum absolute atomic E-state index is 0.367. The molecular weight excluding hydrogens is 336 g/mol. The van der Waals surface area contributed by atoms with E-state index in [-0.39, 0.29) is 11.9 Å². The molecule has 5 heteroatoms. The van der Waals surface area contributed by atoms with Crippen molar-refractivity contribution in [2.75, 3.05) is 0 Å². The summed E-state index contributed by atoms with van der Waals surface area (Å²) in [5.74, 6) is -0.180. The summed E-state index contributed by atoms with van der Waals surface area (Å²) in [4.78, 5) is 17.5. The zero-order valence-electron chi connectivity index (χ0n) is 15.0. The van der Waals surface area contributed by atoms with Crippen molar-refractivity contribution in [2.45, 2.75) is 31.6 Å². The van der Waals surface area contributed by atoms with Crippen LogP contribution in [0, 0.1) is 5.41 Å². The second-order valence-corrected chi connectivity index (χ2v) is 7.05. The van der Waals surface area contributed by atoms with Gasteiger partial charge in [-0.25, -0.2) is 4.98 Å². The number of amides is 1. The second kappa shape index (κ2) is 7.19. The number of carbonyl (C=O) groups is 1. The number of benzene rings is 2. The minimum atomic E-state index is -0.388. The van der Waals surface area contributed by atoms with Crippen molar-refractivity contribution in [3.8, 4) is 11.3 Å². The Hall–Kier alpha value is -3.21. The fourth-order valence-corrected chi connectivity index (χ4v) is 3.89. The smallest absolute Gasteiger partial charge is 0.258 e. The molecular formula is C22H22N4O. The molecule has 27 heavy (non-hydrogen) atoms. The lowest BCUT2D eigenvalue weighted by Crippen LogP contribution is -2.35. The van der Waals surface area contributed by atoms with Gasteiger partial charge in [0.05, 0.1) is 16.8 Å².